The predicted molar refractivity (Wildman–Crippen MR) is 119 cm³/mol. The van der Waals surface area contributed by atoms with Crippen LogP contribution < -0.4 is 0 Å². The number of rotatable bonds is 6. The summed E-state index contributed by atoms with van der Waals surface area (Å²) in [5.41, 5.74) is 4.05. The van der Waals surface area contributed by atoms with E-state index >= 15 is 0 Å². The van der Waals surface area contributed by atoms with Gasteiger partial charge in [-0.05, 0) is 54.3 Å². The Bertz CT molecular complexity index is 990. The number of likely N-dealkylation sites (tertiary alicyclic amines) is 1. The van der Waals surface area contributed by atoms with E-state index < -0.39 is 5.41 Å². The molecule has 3 heterocycles. The van der Waals surface area contributed by atoms with Gasteiger partial charge in [-0.25, -0.2) is 0 Å². The fraction of sp³-hybridized carbons (Fsp3) is 0.320. The number of carbonyl (C=O) groups is 1. The van der Waals surface area contributed by atoms with Gasteiger partial charge in [-0.3, -0.25) is 19.7 Å². The van der Waals surface area contributed by atoms with Crippen molar-refractivity contribution < 1.29 is 4.79 Å². The maximum Gasteiger partial charge on any atom is 0.229 e. The number of hydrogen-bond acceptors (Lipinski definition) is 4. The minimum absolute atomic E-state index is 0.206. The molecule has 0 N–H and O–H groups in total. The molecule has 1 aromatic carbocycles. The van der Waals surface area contributed by atoms with Crippen molar-refractivity contribution in [2.24, 2.45) is 5.41 Å². The first-order chi connectivity index (χ1) is 14.6. The van der Waals surface area contributed by atoms with Gasteiger partial charge >= 0.3 is 0 Å². The standard InChI is InChI=1S/C25H28N4O/c1-28(2)24(30)25(11-14-29(19-25)18-23-10-3-4-13-27-23)16-20-7-5-8-21(15-20)22-9-6-12-26-17-22/h3-10,12-13,15,17H,11,14,16,18-19H2,1-2H3. The molecule has 1 aliphatic heterocycles. The van der Waals surface area contributed by atoms with Crippen molar-refractivity contribution in [1.29, 1.82) is 0 Å². The van der Waals surface area contributed by atoms with E-state index in [2.05, 4.69) is 45.2 Å². The first-order valence-corrected chi connectivity index (χ1v) is 10.4. The van der Waals surface area contributed by atoms with Crippen molar-refractivity contribution in [2.75, 3.05) is 27.2 Å². The van der Waals surface area contributed by atoms with E-state index in [1.807, 2.05) is 50.8 Å². The predicted octanol–water partition coefficient (Wildman–Crippen LogP) is 3.67. The second-order valence-electron chi connectivity index (χ2n) is 8.38. The number of carbonyl (C=O) groups excluding carboxylic acids is 1. The van der Waals surface area contributed by atoms with Gasteiger partial charge in [0.25, 0.3) is 0 Å². The number of pyridine rings is 2. The molecule has 0 bridgehead atoms. The third-order valence-corrected chi connectivity index (χ3v) is 5.87. The van der Waals surface area contributed by atoms with Crippen LogP contribution in [-0.2, 0) is 17.8 Å². The van der Waals surface area contributed by atoms with Crippen LogP contribution in [-0.4, -0.2) is 52.9 Å². The summed E-state index contributed by atoms with van der Waals surface area (Å²) in [6, 6.07) is 18.5. The maximum atomic E-state index is 13.3. The molecule has 0 spiro atoms. The largest absolute Gasteiger partial charge is 0.348 e. The fourth-order valence-electron chi connectivity index (χ4n) is 4.47. The molecular weight excluding hydrogens is 372 g/mol. The molecule has 5 heteroatoms. The minimum Gasteiger partial charge on any atom is -0.348 e. The molecule has 30 heavy (non-hydrogen) atoms. The van der Waals surface area contributed by atoms with E-state index in [1.165, 1.54) is 5.56 Å². The lowest BCUT2D eigenvalue weighted by Gasteiger charge is -2.31. The van der Waals surface area contributed by atoms with Gasteiger partial charge in [-0.2, -0.15) is 0 Å². The summed E-state index contributed by atoms with van der Waals surface area (Å²) in [5.74, 6) is 0.206. The molecule has 2 aromatic heterocycles. The smallest absolute Gasteiger partial charge is 0.229 e. The van der Waals surface area contributed by atoms with Gasteiger partial charge in [-0.15, -0.1) is 0 Å². The van der Waals surface area contributed by atoms with Gasteiger partial charge in [0.1, 0.15) is 0 Å². The topological polar surface area (TPSA) is 49.3 Å². The zero-order chi connectivity index (χ0) is 21.0. The molecule has 154 valence electrons. The Morgan fingerprint density at radius 2 is 1.93 bits per heavy atom. The highest BCUT2D eigenvalue weighted by Crippen LogP contribution is 2.37. The maximum absolute atomic E-state index is 13.3. The molecular formula is C25H28N4O. The first-order valence-electron chi connectivity index (χ1n) is 10.4. The number of amides is 1. The molecule has 0 aliphatic carbocycles. The average Bonchev–Trinajstić information content (AvgIpc) is 3.18. The summed E-state index contributed by atoms with van der Waals surface area (Å²) in [7, 11) is 3.72. The normalized spacial score (nSPS) is 19.0. The van der Waals surface area contributed by atoms with E-state index in [1.54, 1.807) is 11.1 Å². The van der Waals surface area contributed by atoms with Crippen LogP contribution >= 0.6 is 0 Å². The molecule has 0 saturated carbocycles. The number of benzene rings is 1. The van der Waals surface area contributed by atoms with E-state index in [-0.39, 0.29) is 5.91 Å². The lowest BCUT2D eigenvalue weighted by atomic mass is 9.79. The van der Waals surface area contributed by atoms with Crippen LogP contribution in [0.2, 0.25) is 0 Å². The van der Waals surface area contributed by atoms with E-state index in [4.69, 9.17) is 0 Å². The zero-order valence-electron chi connectivity index (χ0n) is 17.7. The van der Waals surface area contributed by atoms with Crippen molar-refractivity contribution >= 4 is 5.91 Å². The van der Waals surface area contributed by atoms with Crippen LogP contribution in [0.3, 0.4) is 0 Å². The highest BCUT2D eigenvalue weighted by Gasteiger charge is 2.45. The van der Waals surface area contributed by atoms with Crippen LogP contribution in [0.1, 0.15) is 17.7 Å². The molecule has 1 atom stereocenters. The Balaban J connectivity index is 1.57. The Morgan fingerprint density at radius 3 is 2.67 bits per heavy atom. The van der Waals surface area contributed by atoms with E-state index in [0.717, 1.165) is 49.3 Å². The fourth-order valence-corrected chi connectivity index (χ4v) is 4.47. The molecule has 1 unspecified atom stereocenters. The monoisotopic (exact) mass is 400 g/mol. The third kappa shape index (κ3) is 4.41. The number of aromatic nitrogens is 2. The third-order valence-electron chi connectivity index (χ3n) is 5.87. The van der Waals surface area contributed by atoms with E-state index in [0.29, 0.717) is 0 Å². The average molecular weight is 401 g/mol. The van der Waals surface area contributed by atoms with Crippen molar-refractivity contribution in [2.45, 2.75) is 19.4 Å². The molecule has 1 fully saturated rings. The van der Waals surface area contributed by atoms with Gasteiger partial charge in [0, 0.05) is 45.8 Å². The quantitative estimate of drug-likeness (QED) is 0.634. The Labute approximate surface area is 178 Å². The van der Waals surface area contributed by atoms with E-state index in [9.17, 15) is 4.79 Å². The van der Waals surface area contributed by atoms with Gasteiger partial charge < -0.3 is 4.90 Å². The molecule has 5 nitrogen and oxygen atoms in total. The van der Waals surface area contributed by atoms with Gasteiger partial charge in [0.2, 0.25) is 5.91 Å². The minimum atomic E-state index is -0.411. The lowest BCUT2D eigenvalue weighted by Crippen LogP contribution is -2.44. The molecule has 1 aliphatic rings. The summed E-state index contributed by atoms with van der Waals surface area (Å²) in [6.07, 6.45) is 7.08. The molecule has 3 aromatic rings. The van der Waals surface area contributed by atoms with Crippen LogP contribution in [0.5, 0.6) is 0 Å². The first kappa shape index (κ1) is 20.2. The van der Waals surface area contributed by atoms with Crippen molar-refractivity contribution in [3.8, 4) is 11.1 Å². The molecule has 0 radical (unpaired) electrons. The van der Waals surface area contributed by atoms with Crippen LogP contribution in [0.15, 0.2) is 73.2 Å². The summed E-state index contributed by atoms with van der Waals surface area (Å²) in [5, 5.41) is 0. The summed E-state index contributed by atoms with van der Waals surface area (Å²) < 4.78 is 0. The highest BCUT2D eigenvalue weighted by atomic mass is 16.2. The van der Waals surface area contributed by atoms with Crippen LogP contribution in [0, 0.1) is 5.41 Å². The molecule has 1 amide bonds. The SMILES string of the molecule is CN(C)C(=O)C1(Cc2cccc(-c3cccnc3)c2)CCN(Cc2ccccn2)C1. The van der Waals surface area contributed by atoms with Crippen molar-refractivity contribution in [3.63, 3.8) is 0 Å². The molecule has 4 rings (SSSR count). The zero-order valence-corrected chi connectivity index (χ0v) is 17.7. The number of nitrogens with zero attached hydrogens (tertiary/aromatic N) is 4. The number of hydrogen-bond donors (Lipinski definition) is 0. The van der Waals surface area contributed by atoms with Crippen LogP contribution in [0.25, 0.3) is 11.1 Å². The van der Waals surface area contributed by atoms with Gasteiger partial charge in [0.05, 0.1) is 11.1 Å². The highest BCUT2D eigenvalue weighted by molar-refractivity contribution is 5.83. The van der Waals surface area contributed by atoms with Crippen LogP contribution in [0.4, 0.5) is 0 Å². The Kier molecular flexibility index (Phi) is 5.91. The second kappa shape index (κ2) is 8.76. The Morgan fingerprint density at radius 1 is 1.07 bits per heavy atom. The summed E-state index contributed by atoms with van der Waals surface area (Å²) in [6.45, 7) is 2.43. The van der Waals surface area contributed by atoms with Gasteiger partial charge in [0.15, 0.2) is 0 Å². The summed E-state index contributed by atoms with van der Waals surface area (Å²) in [4.78, 5) is 26.1. The van der Waals surface area contributed by atoms with Gasteiger partial charge in [-0.1, -0.05) is 36.4 Å². The lowest BCUT2D eigenvalue weighted by molar-refractivity contribution is -0.138. The Hall–Kier alpha value is -3.05. The summed E-state index contributed by atoms with van der Waals surface area (Å²) >= 11 is 0. The molecule has 1 saturated heterocycles. The van der Waals surface area contributed by atoms with Crippen molar-refractivity contribution in [3.05, 3.63) is 84.4 Å². The van der Waals surface area contributed by atoms with Crippen molar-refractivity contribution in [1.82, 2.24) is 19.8 Å². The second-order valence-corrected chi connectivity index (χ2v) is 8.38.